The van der Waals surface area contributed by atoms with Gasteiger partial charge in [-0.15, -0.1) is 10.2 Å². The fraction of sp³-hybridized carbons (Fsp3) is 0.500. The lowest BCUT2D eigenvalue weighted by atomic mass is 10.1. The smallest absolute Gasteiger partial charge is 0.235 e. The first-order valence-electron chi connectivity index (χ1n) is 11.9. The summed E-state index contributed by atoms with van der Waals surface area (Å²) in [7, 11) is 0. The molecule has 3 aromatic rings. The fourth-order valence-electron chi connectivity index (χ4n) is 4.74. The molecule has 2 aliphatic rings. The van der Waals surface area contributed by atoms with Gasteiger partial charge in [0.05, 0.1) is 23.7 Å². The third-order valence-electron chi connectivity index (χ3n) is 6.49. The lowest BCUT2D eigenvalue weighted by molar-refractivity contribution is -0.113. The van der Waals surface area contributed by atoms with Crippen molar-refractivity contribution in [2.45, 2.75) is 63.1 Å². The quantitative estimate of drug-likeness (QED) is 0.513. The highest BCUT2D eigenvalue weighted by Gasteiger charge is 2.23. The van der Waals surface area contributed by atoms with Crippen LogP contribution in [0.5, 0.6) is 0 Å². The number of hydrogen-bond donors (Lipinski definition) is 1. The highest BCUT2D eigenvalue weighted by Crippen LogP contribution is 2.32. The van der Waals surface area contributed by atoms with Crippen molar-refractivity contribution in [3.05, 3.63) is 42.1 Å². The summed E-state index contributed by atoms with van der Waals surface area (Å²) in [5.74, 6) is 1.85. The Balaban J connectivity index is 1.32. The third kappa shape index (κ3) is 4.93. The minimum Gasteiger partial charge on any atom is -0.341 e. The van der Waals surface area contributed by atoms with Crippen LogP contribution in [0.2, 0.25) is 0 Å². The summed E-state index contributed by atoms with van der Waals surface area (Å²) >= 11 is 1.42. The van der Waals surface area contributed by atoms with Crippen molar-refractivity contribution in [1.29, 1.82) is 0 Å². The van der Waals surface area contributed by atoms with E-state index in [4.69, 9.17) is 0 Å². The van der Waals surface area contributed by atoms with Crippen LogP contribution in [0.25, 0.3) is 5.69 Å². The van der Waals surface area contributed by atoms with Gasteiger partial charge in [0.15, 0.2) is 5.16 Å². The molecule has 1 saturated heterocycles. The van der Waals surface area contributed by atoms with E-state index in [2.05, 4.69) is 61.3 Å². The number of rotatable bonds is 7. The molecule has 1 aromatic carbocycles. The number of anilines is 2. The summed E-state index contributed by atoms with van der Waals surface area (Å²) < 4.78 is 4.06. The second-order valence-corrected chi connectivity index (χ2v) is 9.88. The Bertz CT molecular complexity index is 1080. The molecule has 0 atom stereocenters. The zero-order chi connectivity index (χ0) is 22.6. The first-order valence-corrected chi connectivity index (χ1v) is 12.9. The number of nitrogens with zero attached hydrogens (tertiary/aromatic N) is 6. The number of aromatic nitrogens is 5. The van der Waals surface area contributed by atoms with E-state index in [0.29, 0.717) is 6.04 Å². The van der Waals surface area contributed by atoms with Crippen molar-refractivity contribution in [1.82, 2.24) is 24.5 Å². The van der Waals surface area contributed by atoms with Crippen LogP contribution < -0.4 is 10.2 Å². The summed E-state index contributed by atoms with van der Waals surface area (Å²) in [5, 5.41) is 17.2. The van der Waals surface area contributed by atoms with E-state index in [1.165, 1.54) is 49.4 Å². The van der Waals surface area contributed by atoms with E-state index in [-0.39, 0.29) is 11.7 Å². The van der Waals surface area contributed by atoms with Gasteiger partial charge in [-0.1, -0.05) is 42.3 Å². The number of carbonyl (C=O) groups excluding carboxylic acids is 1. The predicted molar refractivity (Wildman–Crippen MR) is 131 cm³/mol. The molecular weight excluding hydrogens is 434 g/mol. The number of thioether (sulfide) groups is 1. The van der Waals surface area contributed by atoms with E-state index in [1.807, 2.05) is 10.7 Å². The molecule has 1 N–H and O–H groups in total. The molecule has 0 spiro atoms. The highest BCUT2D eigenvalue weighted by atomic mass is 32.2. The molecule has 1 amide bonds. The molecule has 1 aliphatic heterocycles. The summed E-state index contributed by atoms with van der Waals surface area (Å²) in [4.78, 5) is 15.1. The molecule has 2 aromatic heterocycles. The maximum absolute atomic E-state index is 12.8. The second-order valence-electron chi connectivity index (χ2n) is 8.94. The van der Waals surface area contributed by atoms with Crippen molar-refractivity contribution < 1.29 is 4.79 Å². The largest absolute Gasteiger partial charge is 0.341 e. The van der Waals surface area contributed by atoms with Gasteiger partial charge < -0.3 is 10.2 Å². The summed E-state index contributed by atoms with van der Waals surface area (Å²) in [6.45, 7) is 4.05. The van der Waals surface area contributed by atoms with E-state index in [0.717, 1.165) is 48.5 Å². The van der Waals surface area contributed by atoms with Crippen LogP contribution in [0.15, 0.2) is 41.7 Å². The summed E-state index contributed by atoms with van der Waals surface area (Å²) in [6.07, 6.45) is 10.1. The SMILES string of the molecule is Cc1ccc(-n2c(SCC(=O)Nc3ccnn3C3CCCC3)nnc2N2CCCCC2)cc1. The molecule has 5 rings (SSSR count). The zero-order valence-electron chi connectivity index (χ0n) is 19.1. The number of hydrogen-bond acceptors (Lipinski definition) is 6. The van der Waals surface area contributed by atoms with Gasteiger partial charge in [0.2, 0.25) is 11.9 Å². The normalized spacial score (nSPS) is 16.9. The maximum Gasteiger partial charge on any atom is 0.235 e. The van der Waals surface area contributed by atoms with Crippen molar-refractivity contribution in [3.63, 3.8) is 0 Å². The Labute approximate surface area is 198 Å². The Morgan fingerprint density at radius 3 is 2.55 bits per heavy atom. The molecule has 2 fully saturated rings. The Kier molecular flexibility index (Phi) is 6.66. The Hall–Kier alpha value is -2.81. The number of benzene rings is 1. The van der Waals surface area contributed by atoms with E-state index < -0.39 is 0 Å². The highest BCUT2D eigenvalue weighted by molar-refractivity contribution is 7.99. The number of aryl methyl sites for hydroxylation is 1. The van der Waals surface area contributed by atoms with Gasteiger partial charge in [0, 0.05) is 19.2 Å². The molecule has 8 nitrogen and oxygen atoms in total. The van der Waals surface area contributed by atoms with E-state index in [1.54, 1.807) is 6.20 Å². The minimum absolute atomic E-state index is 0.0577. The van der Waals surface area contributed by atoms with E-state index >= 15 is 0 Å². The Morgan fingerprint density at radius 2 is 1.79 bits per heavy atom. The van der Waals surface area contributed by atoms with Crippen molar-refractivity contribution in [2.24, 2.45) is 0 Å². The number of nitrogens with one attached hydrogen (secondary N) is 1. The summed E-state index contributed by atoms with van der Waals surface area (Å²) in [6, 6.07) is 10.7. The molecule has 1 saturated carbocycles. The van der Waals surface area contributed by atoms with Gasteiger partial charge >= 0.3 is 0 Å². The van der Waals surface area contributed by atoms with Crippen molar-refractivity contribution in [2.75, 3.05) is 29.1 Å². The lowest BCUT2D eigenvalue weighted by Crippen LogP contribution is -2.31. The first-order chi connectivity index (χ1) is 16.2. The van der Waals surface area contributed by atoms with Gasteiger partial charge in [0.1, 0.15) is 5.82 Å². The number of carbonyl (C=O) groups is 1. The molecule has 0 radical (unpaired) electrons. The van der Waals surface area contributed by atoms with Gasteiger partial charge in [-0.3, -0.25) is 9.36 Å². The van der Waals surface area contributed by atoms with Crippen LogP contribution in [0, 0.1) is 6.92 Å². The zero-order valence-corrected chi connectivity index (χ0v) is 19.9. The van der Waals surface area contributed by atoms with Crippen LogP contribution >= 0.6 is 11.8 Å². The minimum atomic E-state index is -0.0577. The van der Waals surface area contributed by atoms with Gasteiger partial charge in [-0.2, -0.15) is 5.10 Å². The fourth-order valence-corrected chi connectivity index (χ4v) is 5.48. The van der Waals surface area contributed by atoms with Crippen LogP contribution in [-0.4, -0.2) is 49.3 Å². The lowest BCUT2D eigenvalue weighted by Gasteiger charge is -2.27. The second kappa shape index (κ2) is 9.99. The topological polar surface area (TPSA) is 80.9 Å². The monoisotopic (exact) mass is 465 g/mol. The first kappa shape index (κ1) is 22.0. The molecule has 174 valence electrons. The van der Waals surface area contributed by atoms with Crippen LogP contribution in [-0.2, 0) is 4.79 Å². The number of amides is 1. The molecule has 9 heteroatoms. The van der Waals surface area contributed by atoms with Crippen molar-refractivity contribution >= 4 is 29.4 Å². The molecule has 0 unspecified atom stereocenters. The number of piperidine rings is 1. The van der Waals surface area contributed by atoms with Crippen LogP contribution in [0.1, 0.15) is 56.6 Å². The standard InChI is InChI=1S/C24H31N7OS/c1-18-9-11-19(12-10-18)30-23(29-15-5-2-6-16-29)27-28-24(30)33-17-22(32)26-21-13-14-25-31(21)20-7-3-4-8-20/h9-14,20H,2-8,15-17H2,1H3,(H,26,32). The average Bonchev–Trinajstić information content (AvgIpc) is 3.59. The predicted octanol–water partition coefficient (Wildman–Crippen LogP) is 4.61. The van der Waals surface area contributed by atoms with Gasteiger partial charge in [-0.05, 0) is 51.2 Å². The maximum atomic E-state index is 12.8. The molecule has 0 bridgehead atoms. The molecular formula is C24H31N7OS. The molecule has 3 heterocycles. The third-order valence-corrected chi connectivity index (χ3v) is 7.42. The molecule has 33 heavy (non-hydrogen) atoms. The van der Waals surface area contributed by atoms with Crippen LogP contribution in [0.3, 0.4) is 0 Å². The van der Waals surface area contributed by atoms with E-state index in [9.17, 15) is 4.79 Å². The Morgan fingerprint density at radius 1 is 1.03 bits per heavy atom. The molecule has 1 aliphatic carbocycles. The van der Waals surface area contributed by atoms with Gasteiger partial charge in [0.25, 0.3) is 0 Å². The van der Waals surface area contributed by atoms with Gasteiger partial charge in [-0.25, -0.2) is 4.68 Å². The summed E-state index contributed by atoms with van der Waals surface area (Å²) in [5.41, 5.74) is 2.23. The van der Waals surface area contributed by atoms with Crippen LogP contribution in [0.4, 0.5) is 11.8 Å². The van der Waals surface area contributed by atoms with Crippen molar-refractivity contribution in [3.8, 4) is 5.69 Å². The average molecular weight is 466 g/mol.